The van der Waals surface area contributed by atoms with Crippen LogP contribution < -0.4 is 0 Å². The van der Waals surface area contributed by atoms with Crippen molar-refractivity contribution in [1.29, 1.82) is 0 Å². The largest absolute Gasteiger partial charge is 0.462 e. The number of carbonyl (C=O) groups is 1. The minimum Gasteiger partial charge on any atom is -0.462 e. The number of aryl methyl sites for hydroxylation is 1. The molecule has 0 aliphatic carbocycles. The SMILES string of the molecule is Cc1ccc(/C=C2/C(=O)N(C)C(=S)N2C)o1. The van der Waals surface area contributed by atoms with E-state index >= 15 is 0 Å². The van der Waals surface area contributed by atoms with Crippen molar-refractivity contribution < 1.29 is 9.21 Å². The highest BCUT2D eigenvalue weighted by molar-refractivity contribution is 7.80. The first kappa shape index (κ1) is 10.9. The lowest BCUT2D eigenvalue weighted by Gasteiger charge is -2.10. The molecule has 0 aromatic carbocycles. The van der Waals surface area contributed by atoms with Crippen LogP contribution in [0.25, 0.3) is 6.08 Å². The summed E-state index contributed by atoms with van der Waals surface area (Å²) < 4.78 is 5.40. The molecule has 16 heavy (non-hydrogen) atoms. The van der Waals surface area contributed by atoms with Crippen molar-refractivity contribution >= 4 is 29.3 Å². The normalized spacial score (nSPS) is 19.1. The second-order valence-electron chi connectivity index (χ2n) is 3.68. The van der Waals surface area contributed by atoms with E-state index in [-0.39, 0.29) is 5.91 Å². The van der Waals surface area contributed by atoms with Crippen LogP contribution in [-0.2, 0) is 4.79 Å². The Kier molecular flexibility index (Phi) is 2.55. The van der Waals surface area contributed by atoms with Crippen molar-refractivity contribution in [3.8, 4) is 0 Å². The summed E-state index contributed by atoms with van der Waals surface area (Å²) in [7, 11) is 3.43. The summed E-state index contributed by atoms with van der Waals surface area (Å²) in [4.78, 5) is 14.9. The summed E-state index contributed by atoms with van der Waals surface area (Å²) >= 11 is 5.10. The van der Waals surface area contributed by atoms with Gasteiger partial charge in [-0.2, -0.15) is 0 Å². The Morgan fingerprint density at radius 1 is 1.31 bits per heavy atom. The molecular formula is C11H12N2O2S. The Labute approximate surface area is 99.1 Å². The topological polar surface area (TPSA) is 36.7 Å². The van der Waals surface area contributed by atoms with E-state index in [4.69, 9.17) is 16.6 Å². The fourth-order valence-electron chi connectivity index (χ4n) is 1.55. The van der Waals surface area contributed by atoms with Gasteiger partial charge >= 0.3 is 0 Å². The zero-order chi connectivity index (χ0) is 11.9. The average Bonchev–Trinajstić information content (AvgIpc) is 2.73. The molecule has 2 rings (SSSR count). The second kappa shape index (κ2) is 3.75. The molecule has 1 aliphatic heterocycles. The van der Waals surface area contributed by atoms with Crippen LogP contribution in [-0.4, -0.2) is 34.9 Å². The van der Waals surface area contributed by atoms with Crippen molar-refractivity contribution in [3.63, 3.8) is 0 Å². The first-order chi connectivity index (χ1) is 7.50. The summed E-state index contributed by atoms with van der Waals surface area (Å²) in [5.74, 6) is 1.36. The van der Waals surface area contributed by atoms with E-state index in [0.717, 1.165) is 5.76 Å². The predicted octanol–water partition coefficient (Wildman–Crippen LogP) is 1.62. The van der Waals surface area contributed by atoms with Gasteiger partial charge in [-0.15, -0.1) is 0 Å². The zero-order valence-electron chi connectivity index (χ0n) is 9.35. The van der Waals surface area contributed by atoms with E-state index in [0.29, 0.717) is 16.6 Å². The van der Waals surface area contributed by atoms with Crippen molar-refractivity contribution in [2.24, 2.45) is 0 Å². The lowest BCUT2D eigenvalue weighted by Crippen LogP contribution is -2.26. The number of rotatable bonds is 1. The standard InChI is InChI=1S/C11H12N2O2S/c1-7-4-5-8(15-7)6-9-10(14)13(3)11(16)12(9)2/h4-6H,1-3H3/b9-6-. The molecule has 1 saturated heterocycles. The first-order valence-electron chi connectivity index (χ1n) is 4.84. The van der Waals surface area contributed by atoms with E-state index in [1.165, 1.54) is 4.90 Å². The van der Waals surface area contributed by atoms with Gasteiger partial charge in [-0.3, -0.25) is 9.69 Å². The molecule has 1 aromatic rings. The van der Waals surface area contributed by atoms with Crippen LogP contribution in [0, 0.1) is 6.92 Å². The monoisotopic (exact) mass is 236 g/mol. The van der Waals surface area contributed by atoms with E-state index < -0.39 is 0 Å². The summed E-state index contributed by atoms with van der Waals surface area (Å²) in [5, 5.41) is 0.500. The number of carbonyl (C=O) groups excluding carboxylic acids is 1. The maximum absolute atomic E-state index is 11.8. The Hall–Kier alpha value is -1.62. The molecule has 4 nitrogen and oxygen atoms in total. The summed E-state index contributed by atoms with van der Waals surface area (Å²) in [6.07, 6.45) is 1.70. The molecule has 0 unspecified atom stereocenters. The maximum Gasteiger partial charge on any atom is 0.276 e. The van der Waals surface area contributed by atoms with Gasteiger partial charge in [-0.1, -0.05) is 0 Å². The summed E-state index contributed by atoms with van der Waals surface area (Å²) in [5.41, 5.74) is 0.529. The van der Waals surface area contributed by atoms with Crippen LogP contribution in [0.15, 0.2) is 22.2 Å². The quantitative estimate of drug-likeness (QED) is 0.548. The van der Waals surface area contributed by atoms with Gasteiger partial charge in [0.15, 0.2) is 5.11 Å². The molecule has 0 saturated carbocycles. The van der Waals surface area contributed by atoms with Gasteiger partial charge < -0.3 is 9.32 Å². The van der Waals surface area contributed by atoms with Crippen LogP contribution >= 0.6 is 12.2 Å². The van der Waals surface area contributed by atoms with Crippen LogP contribution in [0.2, 0.25) is 0 Å². The highest BCUT2D eigenvalue weighted by atomic mass is 32.1. The van der Waals surface area contributed by atoms with Crippen LogP contribution in [0.5, 0.6) is 0 Å². The highest BCUT2D eigenvalue weighted by Crippen LogP contribution is 2.21. The number of hydrogen-bond acceptors (Lipinski definition) is 3. The van der Waals surface area contributed by atoms with Crippen molar-refractivity contribution in [2.45, 2.75) is 6.92 Å². The highest BCUT2D eigenvalue weighted by Gasteiger charge is 2.32. The second-order valence-corrected chi connectivity index (χ2v) is 4.05. The third kappa shape index (κ3) is 1.63. The van der Waals surface area contributed by atoms with E-state index in [2.05, 4.69) is 0 Å². The molecule has 0 N–H and O–H groups in total. The molecule has 0 radical (unpaired) electrons. The summed E-state index contributed by atoms with van der Waals surface area (Å²) in [6.45, 7) is 1.86. The number of thiocarbonyl (C=S) groups is 1. The Morgan fingerprint density at radius 3 is 2.44 bits per heavy atom. The van der Waals surface area contributed by atoms with Gasteiger partial charge in [0.25, 0.3) is 5.91 Å². The molecule has 84 valence electrons. The van der Waals surface area contributed by atoms with Gasteiger partial charge in [0.05, 0.1) is 0 Å². The lowest BCUT2D eigenvalue weighted by molar-refractivity contribution is -0.121. The molecule has 1 aromatic heterocycles. The van der Waals surface area contributed by atoms with Gasteiger partial charge in [0.2, 0.25) is 0 Å². The minimum absolute atomic E-state index is 0.110. The van der Waals surface area contributed by atoms with E-state index in [1.807, 2.05) is 19.1 Å². The van der Waals surface area contributed by atoms with Crippen molar-refractivity contribution in [3.05, 3.63) is 29.4 Å². The molecule has 1 amide bonds. The third-order valence-electron chi connectivity index (χ3n) is 2.50. The molecule has 0 bridgehead atoms. The number of amides is 1. The van der Waals surface area contributed by atoms with Crippen molar-refractivity contribution in [2.75, 3.05) is 14.1 Å². The average molecular weight is 236 g/mol. The first-order valence-corrected chi connectivity index (χ1v) is 5.25. The lowest BCUT2D eigenvalue weighted by atomic mass is 10.3. The molecule has 0 atom stereocenters. The zero-order valence-corrected chi connectivity index (χ0v) is 10.2. The fourth-order valence-corrected chi connectivity index (χ4v) is 1.74. The molecule has 1 fully saturated rings. The predicted molar refractivity (Wildman–Crippen MR) is 64.6 cm³/mol. The fraction of sp³-hybridized carbons (Fsp3) is 0.273. The molecule has 1 aliphatic rings. The minimum atomic E-state index is -0.110. The Bertz CT molecular complexity index is 490. The maximum atomic E-state index is 11.8. The molecule has 0 spiro atoms. The smallest absolute Gasteiger partial charge is 0.276 e. The number of nitrogens with zero attached hydrogens (tertiary/aromatic N) is 2. The Morgan fingerprint density at radius 2 is 2.00 bits per heavy atom. The number of likely N-dealkylation sites (N-methyl/N-ethyl adjacent to an activating group) is 2. The Balaban J connectivity index is 2.38. The number of hydrogen-bond donors (Lipinski definition) is 0. The van der Waals surface area contributed by atoms with Crippen molar-refractivity contribution in [1.82, 2.24) is 9.80 Å². The van der Waals surface area contributed by atoms with Gasteiger partial charge in [-0.25, -0.2) is 0 Å². The van der Waals surface area contributed by atoms with Gasteiger partial charge in [0, 0.05) is 20.2 Å². The third-order valence-corrected chi connectivity index (χ3v) is 3.05. The van der Waals surface area contributed by atoms with Gasteiger partial charge in [0.1, 0.15) is 17.2 Å². The molecule has 2 heterocycles. The van der Waals surface area contributed by atoms with Crippen LogP contribution in [0.3, 0.4) is 0 Å². The van der Waals surface area contributed by atoms with Crippen LogP contribution in [0.1, 0.15) is 11.5 Å². The van der Waals surface area contributed by atoms with E-state index in [9.17, 15) is 4.79 Å². The van der Waals surface area contributed by atoms with E-state index in [1.54, 1.807) is 25.1 Å². The van der Waals surface area contributed by atoms with Gasteiger partial charge in [-0.05, 0) is 31.3 Å². The van der Waals surface area contributed by atoms with Crippen LogP contribution in [0.4, 0.5) is 0 Å². The number of furan rings is 1. The molecular weight excluding hydrogens is 224 g/mol. The summed E-state index contributed by atoms with van der Waals surface area (Å²) in [6, 6.07) is 3.68. The molecule has 5 heteroatoms.